The van der Waals surface area contributed by atoms with Gasteiger partial charge in [0.2, 0.25) is 0 Å². The van der Waals surface area contributed by atoms with Crippen LogP contribution in [0, 0.1) is 0 Å². The second-order valence-electron chi connectivity index (χ2n) is 7.09. The van der Waals surface area contributed by atoms with Crippen molar-refractivity contribution in [2.24, 2.45) is 0 Å². The molecule has 5 nitrogen and oxygen atoms in total. The highest BCUT2D eigenvalue weighted by Crippen LogP contribution is 2.44. The summed E-state index contributed by atoms with van der Waals surface area (Å²) in [5.41, 5.74) is 29.8. The molecule has 0 aliphatic carbocycles. The average Bonchev–Trinajstić information content (AvgIpc) is 2.73. The van der Waals surface area contributed by atoms with E-state index in [1.807, 2.05) is 84.9 Å². The second-order valence-corrected chi connectivity index (χ2v) is 7.09. The molecular weight excluding hydrogens is 358 g/mol. The maximum absolute atomic E-state index is 5.98. The molecule has 0 atom stereocenters. The number of anilines is 4. The maximum Gasteiger partial charge on any atom is 0.0873 e. The Morgan fingerprint density at radius 1 is 0.448 bits per heavy atom. The largest absolute Gasteiger partial charge is 0.399 e. The first-order valence-corrected chi connectivity index (χ1v) is 9.30. The van der Waals surface area contributed by atoms with Crippen molar-refractivity contribution in [3.8, 4) is 0 Å². The van der Waals surface area contributed by atoms with E-state index in [1.165, 1.54) is 0 Å². The molecule has 0 spiro atoms. The Morgan fingerprint density at radius 3 is 1.10 bits per heavy atom. The average molecular weight is 381 g/mol. The first-order chi connectivity index (χ1) is 14.0. The summed E-state index contributed by atoms with van der Waals surface area (Å²) in [7, 11) is 0. The zero-order valence-corrected chi connectivity index (χ0v) is 15.9. The van der Waals surface area contributed by atoms with Crippen LogP contribution in [-0.2, 0) is 5.41 Å². The lowest BCUT2D eigenvalue weighted by Gasteiger charge is -2.36. The Bertz CT molecular complexity index is 913. The van der Waals surface area contributed by atoms with Gasteiger partial charge in [0.05, 0.1) is 23.0 Å². The van der Waals surface area contributed by atoms with Crippen LogP contribution in [0.15, 0.2) is 91.1 Å². The van der Waals surface area contributed by atoms with E-state index >= 15 is 0 Å². The highest BCUT2D eigenvalue weighted by atomic mass is 14.7. The summed E-state index contributed by atoms with van der Waals surface area (Å²) in [6, 6.07) is 27.4. The summed E-state index contributed by atoms with van der Waals surface area (Å²) in [5.74, 6) is 0. The molecule has 0 amide bonds. The van der Waals surface area contributed by atoms with Gasteiger partial charge in [0.25, 0.3) is 0 Å². The first kappa shape index (κ1) is 18.4. The second kappa shape index (κ2) is 7.20. The number of rotatable bonds is 4. The summed E-state index contributed by atoms with van der Waals surface area (Å²) in [6.45, 7) is 0. The van der Waals surface area contributed by atoms with Crippen molar-refractivity contribution < 1.29 is 0 Å². The van der Waals surface area contributed by atoms with Crippen molar-refractivity contribution >= 4 is 22.7 Å². The molecule has 1 heterocycles. The molecule has 0 aliphatic rings. The smallest absolute Gasteiger partial charge is 0.0873 e. The summed E-state index contributed by atoms with van der Waals surface area (Å²) in [6.07, 6.45) is 1.68. The van der Waals surface area contributed by atoms with E-state index in [2.05, 4.69) is 0 Å². The van der Waals surface area contributed by atoms with E-state index in [-0.39, 0.29) is 0 Å². The first-order valence-electron chi connectivity index (χ1n) is 9.30. The highest BCUT2D eigenvalue weighted by Gasteiger charge is 2.39. The third-order valence-electron chi connectivity index (χ3n) is 5.20. The van der Waals surface area contributed by atoms with Gasteiger partial charge in [-0.3, -0.25) is 4.98 Å². The van der Waals surface area contributed by atoms with Crippen molar-refractivity contribution in [2.45, 2.75) is 5.41 Å². The molecule has 29 heavy (non-hydrogen) atoms. The minimum atomic E-state index is -0.692. The Morgan fingerprint density at radius 2 is 0.793 bits per heavy atom. The molecule has 0 saturated heterocycles. The van der Waals surface area contributed by atoms with Crippen LogP contribution in [0.25, 0.3) is 0 Å². The molecule has 0 bridgehead atoms. The molecule has 5 heteroatoms. The molecule has 8 N–H and O–H groups in total. The van der Waals surface area contributed by atoms with Crippen molar-refractivity contribution in [1.29, 1.82) is 0 Å². The van der Waals surface area contributed by atoms with Gasteiger partial charge in [-0.2, -0.15) is 0 Å². The van der Waals surface area contributed by atoms with E-state index in [1.54, 1.807) is 6.20 Å². The van der Waals surface area contributed by atoms with Crippen LogP contribution in [0.2, 0.25) is 0 Å². The number of nitrogen functional groups attached to an aromatic ring is 4. The van der Waals surface area contributed by atoms with E-state index in [9.17, 15) is 0 Å². The molecule has 0 radical (unpaired) electrons. The van der Waals surface area contributed by atoms with Crippen molar-refractivity contribution in [1.82, 2.24) is 4.98 Å². The molecule has 144 valence electrons. The molecule has 0 aliphatic heterocycles. The van der Waals surface area contributed by atoms with Crippen molar-refractivity contribution in [3.05, 3.63) is 114 Å². The molecule has 3 aromatic carbocycles. The van der Waals surface area contributed by atoms with Gasteiger partial charge in [-0.15, -0.1) is 0 Å². The molecular formula is C24H23N5. The topological polar surface area (TPSA) is 117 Å². The lowest BCUT2D eigenvalue weighted by atomic mass is 9.67. The van der Waals surface area contributed by atoms with Gasteiger partial charge in [-0.25, -0.2) is 0 Å². The van der Waals surface area contributed by atoms with Gasteiger partial charge >= 0.3 is 0 Å². The lowest BCUT2D eigenvalue weighted by molar-refractivity contribution is 0.715. The van der Waals surface area contributed by atoms with Gasteiger partial charge in [0, 0.05) is 17.1 Å². The standard InChI is InChI=1S/C24H23N5/c25-19-7-1-16(2-8-19)24(17-3-9-20(26)10-4-17,18-5-11-21(27)12-6-18)23-14-13-22(28)15-29-23/h1-15H,25-28H2. The van der Waals surface area contributed by atoms with E-state index < -0.39 is 5.41 Å². The summed E-state index contributed by atoms with van der Waals surface area (Å²) >= 11 is 0. The van der Waals surface area contributed by atoms with Crippen molar-refractivity contribution in [2.75, 3.05) is 22.9 Å². The number of nitrogens with two attached hydrogens (primary N) is 4. The minimum absolute atomic E-state index is 0.606. The van der Waals surface area contributed by atoms with Gasteiger partial charge in [0.1, 0.15) is 0 Å². The van der Waals surface area contributed by atoms with Crippen LogP contribution < -0.4 is 22.9 Å². The normalized spacial score (nSPS) is 11.3. The van der Waals surface area contributed by atoms with Gasteiger partial charge in [-0.1, -0.05) is 36.4 Å². The summed E-state index contributed by atoms with van der Waals surface area (Å²) < 4.78 is 0. The number of nitrogens with zero attached hydrogens (tertiary/aromatic N) is 1. The Labute approximate surface area is 170 Å². The maximum atomic E-state index is 5.98. The number of pyridine rings is 1. The minimum Gasteiger partial charge on any atom is -0.399 e. The molecule has 4 rings (SSSR count). The number of benzene rings is 3. The Kier molecular flexibility index (Phi) is 4.56. The monoisotopic (exact) mass is 381 g/mol. The fraction of sp³-hybridized carbons (Fsp3) is 0.0417. The van der Waals surface area contributed by atoms with Crippen LogP contribution in [0.1, 0.15) is 22.4 Å². The lowest BCUT2D eigenvalue weighted by Crippen LogP contribution is -2.32. The van der Waals surface area contributed by atoms with E-state index in [0.29, 0.717) is 22.7 Å². The third kappa shape index (κ3) is 3.23. The quantitative estimate of drug-likeness (QED) is 0.317. The fourth-order valence-electron chi connectivity index (χ4n) is 3.77. The zero-order valence-electron chi connectivity index (χ0n) is 15.9. The van der Waals surface area contributed by atoms with E-state index in [0.717, 1.165) is 22.4 Å². The highest BCUT2D eigenvalue weighted by molar-refractivity contribution is 5.62. The Balaban J connectivity index is 2.11. The van der Waals surface area contributed by atoms with Crippen molar-refractivity contribution in [3.63, 3.8) is 0 Å². The predicted molar refractivity (Wildman–Crippen MR) is 120 cm³/mol. The van der Waals surface area contributed by atoms with Gasteiger partial charge in [0.15, 0.2) is 0 Å². The number of aromatic nitrogens is 1. The van der Waals surface area contributed by atoms with Crippen LogP contribution in [0.3, 0.4) is 0 Å². The molecule has 0 saturated carbocycles. The zero-order chi connectivity index (χ0) is 20.4. The summed E-state index contributed by atoms with van der Waals surface area (Å²) in [4.78, 5) is 4.73. The van der Waals surface area contributed by atoms with E-state index in [4.69, 9.17) is 27.9 Å². The molecule has 1 aromatic heterocycles. The number of hydrogen-bond donors (Lipinski definition) is 4. The molecule has 0 fully saturated rings. The van der Waals surface area contributed by atoms with Crippen LogP contribution in [0.4, 0.5) is 22.7 Å². The summed E-state index contributed by atoms with van der Waals surface area (Å²) in [5, 5.41) is 0. The fourth-order valence-corrected chi connectivity index (χ4v) is 3.77. The van der Waals surface area contributed by atoms with Gasteiger partial charge < -0.3 is 22.9 Å². The Hall–Kier alpha value is -3.99. The van der Waals surface area contributed by atoms with Crippen LogP contribution >= 0.6 is 0 Å². The van der Waals surface area contributed by atoms with Gasteiger partial charge in [-0.05, 0) is 65.2 Å². The third-order valence-corrected chi connectivity index (χ3v) is 5.20. The predicted octanol–water partition coefficient (Wildman–Crippen LogP) is 3.79. The van der Waals surface area contributed by atoms with Crippen LogP contribution in [0.5, 0.6) is 0 Å². The van der Waals surface area contributed by atoms with Crippen LogP contribution in [-0.4, -0.2) is 4.98 Å². The SMILES string of the molecule is Nc1ccc(C(c2ccc(N)cc2)(c2ccc(N)cc2)c2ccc(N)cn2)cc1. The molecule has 4 aromatic rings. The molecule has 0 unspecified atom stereocenters. The number of hydrogen-bond acceptors (Lipinski definition) is 5.